The van der Waals surface area contributed by atoms with E-state index in [1.54, 1.807) is 6.92 Å². The van der Waals surface area contributed by atoms with Crippen molar-refractivity contribution in [3.63, 3.8) is 0 Å². The monoisotopic (exact) mass is 156 g/mol. The maximum atomic E-state index is 10.7. The Bertz CT molecular complexity index is 143. The number of ketones is 1. The maximum absolute atomic E-state index is 10.7. The van der Waals surface area contributed by atoms with Crippen LogP contribution in [0.2, 0.25) is 0 Å². The SMILES string of the molecule is CC(=O)C(N)CCNC1CC1. The van der Waals surface area contributed by atoms with Crippen LogP contribution in [0.25, 0.3) is 0 Å². The van der Waals surface area contributed by atoms with Crippen LogP contribution in [-0.2, 0) is 4.79 Å². The van der Waals surface area contributed by atoms with Gasteiger partial charge in [0.05, 0.1) is 6.04 Å². The van der Waals surface area contributed by atoms with E-state index < -0.39 is 0 Å². The highest BCUT2D eigenvalue weighted by Crippen LogP contribution is 2.18. The number of carbonyl (C=O) groups excluding carboxylic acids is 1. The molecule has 0 aromatic carbocycles. The van der Waals surface area contributed by atoms with Gasteiger partial charge >= 0.3 is 0 Å². The molecule has 1 unspecified atom stereocenters. The first-order valence-corrected chi connectivity index (χ1v) is 4.19. The Balaban J connectivity index is 1.96. The topological polar surface area (TPSA) is 55.1 Å². The third-order valence-corrected chi connectivity index (χ3v) is 1.99. The van der Waals surface area contributed by atoms with Crippen molar-refractivity contribution in [2.24, 2.45) is 5.73 Å². The Morgan fingerprint density at radius 1 is 1.73 bits per heavy atom. The van der Waals surface area contributed by atoms with Gasteiger partial charge in [0.1, 0.15) is 5.78 Å². The molecule has 1 atom stereocenters. The molecule has 0 bridgehead atoms. The minimum Gasteiger partial charge on any atom is -0.321 e. The number of carbonyl (C=O) groups is 1. The number of rotatable bonds is 5. The predicted molar refractivity (Wildman–Crippen MR) is 44.3 cm³/mol. The Morgan fingerprint density at radius 3 is 2.82 bits per heavy atom. The normalized spacial score (nSPS) is 19.8. The summed E-state index contributed by atoms with van der Waals surface area (Å²) in [5.74, 6) is 0.0857. The van der Waals surface area contributed by atoms with Crippen LogP contribution in [-0.4, -0.2) is 24.4 Å². The Labute approximate surface area is 67.3 Å². The quantitative estimate of drug-likeness (QED) is 0.591. The van der Waals surface area contributed by atoms with Gasteiger partial charge in [-0.2, -0.15) is 0 Å². The second-order valence-corrected chi connectivity index (χ2v) is 3.23. The van der Waals surface area contributed by atoms with Crippen molar-refractivity contribution in [3.8, 4) is 0 Å². The highest BCUT2D eigenvalue weighted by Gasteiger charge is 2.20. The fourth-order valence-corrected chi connectivity index (χ4v) is 0.934. The van der Waals surface area contributed by atoms with Crippen molar-refractivity contribution >= 4 is 5.78 Å². The van der Waals surface area contributed by atoms with E-state index in [0.29, 0.717) is 6.04 Å². The Morgan fingerprint density at radius 2 is 2.36 bits per heavy atom. The molecule has 0 amide bonds. The molecule has 1 aliphatic rings. The highest BCUT2D eigenvalue weighted by molar-refractivity contribution is 5.81. The van der Waals surface area contributed by atoms with E-state index in [-0.39, 0.29) is 11.8 Å². The number of Topliss-reactive ketones (excluding diaryl/α,β-unsaturated/α-hetero) is 1. The summed E-state index contributed by atoms with van der Waals surface area (Å²) in [6.45, 7) is 2.42. The van der Waals surface area contributed by atoms with Gasteiger partial charge in [-0.3, -0.25) is 4.79 Å². The van der Waals surface area contributed by atoms with Gasteiger partial charge in [-0.05, 0) is 32.7 Å². The van der Waals surface area contributed by atoms with Crippen LogP contribution in [0.15, 0.2) is 0 Å². The van der Waals surface area contributed by atoms with Gasteiger partial charge < -0.3 is 11.1 Å². The molecule has 0 aromatic heterocycles. The van der Waals surface area contributed by atoms with E-state index in [9.17, 15) is 4.79 Å². The van der Waals surface area contributed by atoms with E-state index in [4.69, 9.17) is 5.73 Å². The molecule has 0 aromatic rings. The van der Waals surface area contributed by atoms with Gasteiger partial charge in [-0.1, -0.05) is 0 Å². The van der Waals surface area contributed by atoms with Crippen molar-refractivity contribution < 1.29 is 4.79 Å². The first kappa shape index (κ1) is 8.68. The first-order valence-electron chi connectivity index (χ1n) is 4.19. The standard InChI is InChI=1S/C8H16N2O/c1-6(11)8(9)4-5-10-7-2-3-7/h7-8,10H,2-5,9H2,1H3. The third kappa shape index (κ3) is 3.49. The summed E-state index contributed by atoms with van der Waals surface area (Å²) in [6.07, 6.45) is 3.34. The Kier molecular flexibility index (Phi) is 3.02. The second-order valence-electron chi connectivity index (χ2n) is 3.23. The van der Waals surface area contributed by atoms with Crippen LogP contribution in [0.3, 0.4) is 0 Å². The fraction of sp³-hybridized carbons (Fsp3) is 0.875. The van der Waals surface area contributed by atoms with Crippen LogP contribution in [0, 0.1) is 0 Å². The zero-order valence-corrected chi connectivity index (χ0v) is 6.97. The molecular weight excluding hydrogens is 140 g/mol. The molecule has 0 aliphatic heterocycles. The second kappa shape index (κ2) is 3.83. The molecule has 3 nitrogen and oxygen atoms in total. The molecule has 1 fully saturated rings. The molecule has 1 rings (SSSR count). The first-order chi connectivity index (χ1) is 5.20. The summed E-state index contributed by atoms with van der Waals surface area (Å²) in [5.41, 5.74) is 5.53. The van der Waals surface area contributed by atoms with Gasteiger partial charge in [0.2, 0.25) is 0 Å². The minimum atomic E-state index is -0.263. The van der Waals surface area contributed by atoms with E-state index in [1.165, 1.54) is 12.8 Å². The number of nitrogens with one attached hydrogen (secondary N) is 1. The summed E-state index contributed by atoms with van der Waals surface area (Å²) in [5, 5.41) is 3.31. The zero-order chi connectivity index (χ0) is 8.27. The maximum Gasteiger partial charge on any atom is 0.146 e. The van der Waals surface area contributed by atoms with Crippen LogP contribution >= 0.6 is 0 Å². The molecule has 11 heavy (non-hydrogen) atoms. The number of hydrogen-bond donors (Lipinski definition) is 2. The smallest absolute Gasteiger partial charge is 0.146 e. The number of nitrogens with two attached hydrogens (primary N) is 1. The average Bonchev–Trinajstić information content (AvgIpc) is 2.71. The van der Waals surface area contributed by atoms with Crippen molar-refractivity contribution in [3.05, 3.63) is 0 Å². The van der Waals surface area contributed by atoms with E-state index >= 15 is 0 Å². The molecule has 0 radical (unpaired) electrons. The van der Waals surface area contributed by atoms with Crippen molar-refractivity contribution in [2.75, 3.05) is 6.54 Å². The molecule has 1 saturated carbocycles. The molecule has 3 N–H and O–H groups in total. The summed E-state index contributed by atoms with van der Waals surface area (Å²) in [6, 6.07) is 0.454. The van der Waals surface area contributed by atoms with Gasteiger partial charge in [0.25, 0.3) is 0 Å². The summed E-state index contributed by atoms with van der Waals surface area (Å²) < 4.78 is 0. The largest absolute Gasteiger partial charge is 0.321 e. The minimum absolute atomic E-state index is 0.0857. The lowest BCUT2D eigenvalue weighted by Crippen LogP contribution is -2.32. The Hall–Kier alpha value is -0.410. The molecule has 3 heteroatoms. The third-order valence-electron chi connectivity index (χ3n) is 1.99. The van der Waals surface area contributed by atoms with Crippen LogP contribution in [0.4, 0.5) is 0 Å². The zero-order valence-electron chi connectivity index (χ0n) is 6.97. The molecule has 0 spiro atoms. The predicted octanol–water partition coefficient (Wildman–Crippen LogP) is 0.0448. The lowest BCUT2D eigenvalue weighted by molar-refractivity contribution is -0.118. The van der Waals surface area contributed by atoms with E-state index in [1.807, 2.05) is 0 Å². The van der Waals surface area contributed by atoms with E-state index in [0.717, 1.165) is 13.0 Å². The van der Waals surface area contributed by atoms with Gasteiger partial charge in [-0.15, -0.1) is 0 Å². The molecule has 0 saturated heterocycles. The highest BCUT2D eigenvalue weighted by atomic mass is 16.1. The fourth-order valence-electron chi connectivity index (χ4n) is 0.934. The average molecular weight is 156 g/mol. The lowest BCUT2D eigenvalue weighted by atomic mass is 10.1. The molecule has 1 aliphatic carbocycles. The number of hydrogen-bond acceptors (Lipinski definition) is 3. The van der Waals surface area contributed by atoms with Crippen molar-refractivity contribution in [2.45, 2.75) is 38.3 Å². The van der Waals surface area contributed by atoms with E-state index in [2.05, 4.69) is 5.32 Å². The van der Waals surface area contributed by atoms with Gasteiger partial charge in [-0.25, -0.2) is 0 Å². The van der Waals surface area contributed by atoms with Gasteiger partial charge in [0.15, 0.2) is 0 Å². The molecule has 0 heterocycles. The molecule has 64 valence electrons. The summed E-state index contributed by atoms with van der Waals surface area (Å²) in [4.78, 5) is 10.7. The van der Waals surface area contributed by atoms with Gasteiger partial charge in [0, 0.05) is 6.04 Å². The van der Waals surface area contributed by atoms with Crippen molar-refractivity contribution in [1.82, 2.24) is 5.32 Å². The molecular formula is C8H16N2O. The summed E-state index contributed by atoms with van der Waals surface area (Å²) in [7, 11) is 0. The summed E-state index contributed by atoms with van der Waals surface area (Å²) >= 11 is 0. The lowest BCUT2D eigenvalue weighted by Gasteiger charge is -2.07. The van der Waals surface area contributed by atoms with Crippen molar-refractivity contribution in [1.29, 1.82) is 0 Å². The van der Waals surface area contributed by atoms with Crippen LogP contribution < -0.4 is 11.1 Å². The van der Waals surface area contributed by atoms with Crippen LogP contribution in [0.5, 0.6) is 0 Å². The van der Waals surface area contributed by atoms with Crippen LogP contribution in [0.1, 0.15) is 26.2 Å².